The fourth-order valence-corrected chi connectivity index (χ4v) is 1.68. The standard InChI is InChI=1S/C13H18N2O2/c16-9-12-4-2-1-3-11(12)8-15-13(17)14-7-10-5-6-10/h1-4,10,16H,5-9H2,(H2,14,15,17). The minimum Gasteiger partial charge on any atom is -0.392 e. The predicted octanol–water partition coefficient (Wildman–Crippen LogP) is 1.39. The van der Waals surface area contributed by atoms with Gasteiger partial charge in [-0.1, -0.05) is 24.3 Å². The molecule has 1 aliphatic rings. The van der Waals surface area contributed by atoms with Crippen LogP contribution < -0.4 is 10.6 Å². The third-order valence-electron chi connectivity index (χ3n) is 2.98. The Balaban J connectivity index is 1.77. The fraction of sp³-hybridized carbons (Fsp3) is 0.462. The van der Waals surface area contributed by atoms with E-state index in [0.717, 1.165) is 17.7 Å². The molecule has 1 saturated carbocycles. The predicted molar refractivity (Wildman–Crippen MR) is 65.3 cm³/mol. The average Bonchev–Trinajstić information content (AvgIpc) is 3.18. The van der Waals surface area contributed by atoms with Gasteiger partial charge in [-0.25, -0.2) is 4.79 Å². The van der Waals surface area contributed by atoms with Crippen molar-refractivity contribution in [2.24, 2.45) is 5.92 Å². The molecule has 0 atom stereocenters. The van der Waals surface area contributed by atoms with Crippen LogP contribution in [0.25, 0.3) is 0 Å². The Morgan fingerprint density at radius 3 is 2.59 bits per heavy atom. The first-order valence-electron chi connectivity index (χ1n) is 5.99. The summed E-state index contributed by atoms with van der Waals surface area (Å²) in [6.07, 6.45) is 2.46. The summed E-state index contributed by atoms with van der Waals surface area (Å²) in [4.78, 5) is 11.5. The second-order valence-corrected chi connectivity index (χ2v) is 4.43. The van der Waals surface area contributed by atoms with Gasteiger partial charge in [0.2, 0.25) is 0 Å². The molecule has 4 nitrogen and oxygen atoms in total. The summed E-state index contributed by atoms with van der Waals surface area (Å²) in [5.41, 5.74) is 1.81. The molecule has 0 bridgehead atoms. The van der Waals surface area contributed by atoms with Crippen LogP contribution in [0.2, 0.25) is 0 Å². The molecule has 1 fully saturated rings. The molecule has 92 valence electrons. The maximum atomic E-state index is 11.5. The molecule has 2 amide bonds. The molecular weight excluding hydrogens is 216 g/mol. The second kappa shape index (κ2) is 5.68. The molecule has 1 aliphatic carbocycles. The summed E-state index contributed by atoms with van der Waals surface area (Å²) in [5.74, 6) is 0.686. The van der Waals surface area contributed by atoms with E-state index in [9.17, 15) is 4.79 Å². The van der Waals surface area contributed by atoms with E-state index in [1.54, 1.807) is 0 Å². The van der Waals surface area contributed by atoms with Gasteiger partial charge in [0.25, 0.3) is 0 Å². The Morgan fingerprint density at radius 1 is 1.24 bits per heavy atom. The van der Waals surface area contributed by atoms with Gasteiger partial charge in [0.05, 0.1) is 6.61 Å². The van der Waals surface area contributed by atoms with Crippen LogP contribution in [0.4, 0.5) is 4.79 Å². The average molecular weight is 234 g/mol. The molecule has 0 aliphatic heterocycles. The monoisotopic (exact) mass is 234 g/mol. The van der Waals surface area contributed by atoms with Crippen LogP contribution in [-0.4, -0.2) is 17.7 Å². The highest BCUT2D eigenvalue weighted by atomic mass is 16.3. The maximum Gasteiger partial charge on any atom is 0.315 e. The Bertz CT molecular complexity index is 389. The molecule has 0 unspecified atom stereocenters. The molecule has 1 aromatic rings. The maximum absolute atomic E-state index is 11.5. The lowest BCUT2D eigenvalue weighted by atomic mass is 10.1. The van der Waals surface area contributed by atoms with Crippen molar-refractivity contribution in [3.05, 3.63) is 35.4 Å². The lowest BCUT2D eigenvalue weighted by Crippen LogP contribution is -2.36. The first-order chi connectivity index (χ1) is 8.29. The van der Waals surface area contributed by atoms with Crippen LogP contribution in [0.3, 0.4) is 0 Å². The van der Waals surface area contributed by atoms with Crippen molar-refractivity contribution in [3.63, 3.8) is 0 Å². The smallest absolute Gasteiger partial charge is 0.315 e. The molecule has 17 heavy (non-hydrogen) atoms. The molecule has 0 heterocycles. The van der Waals surface area contributed by atoms with Crippen LogP contribution in [0.1, 0.15) is 24.0 Å². The van der Waals surface area contributed by atoms with Gasteiger partial charge in [0.15, 0.2) is 0 Å². The van der Waals surface area contributed by atoms with Crippen LogP contribution in [0.5, 0.6) is 0 Å². The molecule has 2 rings (SSSR count). The van der Waals surface area contributed by atoms with Gasteiger partial charge in [0, 0.05) is 13.1 Å². The van der Waals surface area contributed by atoms with Crippen LogP contribution in [0.15, 0.2) is 24.3 Å². The third kappa shape index (κ3) is 3.75. The first-order valence-corrected chi connectivity index (χ1v) is 5.99. The van der Waals surface area contributed by atoms with E-state index in [4.69, 9.17) is 5.11 Å². The van der Waals surface area contributed by atoms with Gasteiger partial charge in [-0.3, -0.25) is 0 Å². The highest BCUT2D eigenvalue weighted by molar-refractivity contribution is 5.73. The fourth-order valence-electron chi connectivity index (χ4n) is 1.68. The molecule has 0 spiro atoms. The van der Waals surface area contributed by atoms with E-state index < -0.39 is 0 Å². The SMILES string of the molecule is O=C(NCc1ccccc1CO)NCC1CC1. The van der Waals surface area contributed by atoms with Crippen LogP contribution >= 0.6 is 0 Å². The van der Waals surface area contributed by atoms with Crippen molar-refractivity contribution >= 4 is 6.03 Å². The number of carbonyl (C=O) groups excluding carboxylic acids is 1. The molecule has 0 aromatic heterocycles. The number of hydrogen-bond acceptors (Lipinski definition) is 2. The third-order valence-corrected chi connectivity index (χ3v) is 2.98. The molecule has 0 radical (unpaired) electrons. The quantitative estimate of drug-likeness (QED) is 0.721. The summed E-state index contributed by atoms with van der Waals surface area (Å²) >= 11 is 0. The minimum absolute atomic E-state index is 0.00153. The zero-order valence-electron chi connectivity index (χ0n) is 9.78. The topological polar surface area (TPSA) is 61.4 Å². The van der Waals surface area contributed by atoms with Crippen molar-refractivity contribution in [2.45, 2.75) is 26.0 Å². The highest BCUT2D eigenvalue weighted by Crippen LogP contribution is 2.27. The second-order valence-electron chi connectivity index (χ2n) is 4.43. The first kappa shape index (κ1) is 11.9. The van der Waals surface area contributed by atoms with Crippen molar-refractivity contribution in [1.82, 2.24) is 10.6 Å². The van der Waals surface area contributed by atoms with Gasteiger partial charge in [0.1, 0.15) is 0 Å². The number of aliphatic hydroxyl groups is 1. The molecule has 0 saturated heterocycles. The van der Waals surface area contributed by atoms with Crippen LogP contribution in [-0.2, 0) is 13.2 Å². The van der Waals surface area contributed by atoms with E-state index in [2.05, 4.69) is 10.6 Å². The van der Waals surface area contributed by atoms with E-state index in [-0.39, 0.29) is 12.6 Å². The van der Waals surface area contributed by atoms with Crippen molar-refractivity contribution < 1.29 is 9.90 Å². The van der Waals surface area contributed by atoms with Gasteiger partial charge >= 0.3 is 6.03 Å². The molecular formula is C13H18N2O2. The number of benzene rings is 1. The van der Waals surface area contributed by atoms with E-state index in [1.165, 1.54) is 12.8 Å². The van der Waals surface area contributed by atoms with E-state index in [1.807, 2.05) is 24.3 Å². The number of rotatable bonds is 5. The van der Waals surface area contributed by atoms with E-state index in [0.29, 0.717) is 12.5 Å². The Kier molecular flexibility index (Phi) is 3.98. The Morgan fingerprint density at radius 2 is 1.94 bits per heavy atom. The number of amides is 2. The summed E-state index contributed by atoms with van der Waals surface area (Å²) in [6, 6.07) is 7.41. The number of aliphatic hydroxyl groups excluding tert-OH is 1. The largest absolute Gasteiger partial charge is 0.392 e. The number of hydrogen-bond donors (Lipinski definition) is 3. The minimum atomic E-state index is -0.135. The van der Waals surface area contributed by atoms with Crippen molar-refractivity contribution in [3.8, 4) is 0 Å². The number of nitrogens with one attached hydrogen (secondary N) is 2. The lowest BCUT2D eigenvalue weighted by Gasteiger charge is -2.09. The van der Waals surface area contributed by atoms with Crippen LogP contribution in [0, 0.1) is 5.92 Å². The zero-order chi connectivity index (χ0) is 12.1. The Hall–Kier alpha value is -1.55. The summed E-state index contributed by atoms with van der Waals surface area (Å²) in [6.45, 7) is 1.22. The van der Waals surface area contributed by atoms with Crippen molar-refractivity contribution in [1.29, 1.82) is 0 Å². The van der Waals surface area contributed by atoms with Crippen molar-refractivity contribution in [2.75, 3.05) is 6.54 Å². The van der Waals surface area contributed by atoms with Gasteiger partial charge < -0.3 is 15.7 Å². The Labute approximate surface area is 101 Å². The highest BCUT2D eigenvalue weighted by Gasteiger charge is 2.21. The summed E-state index contributed by atoms with van der Waals surface area (Å²) in [7, 11) is 0. The number of carbonyl (C=O) groups is 1. The molecule has 1 aromatic carbocycles. The summed E-state index contributed by atoms with van der Waals surface area (Å²) < 4.78 is 0. The lowest BCUT2D eigenvalue weighted by molar-refractivity contribution is 0.239. The normalized spacial score (nSPS) is 14.4. The summed E-state index contributed by atoms with van der Waals surface area (Å²) in [5, 5.41) is 14.8. The zero-order valence-corrected chi connectivity index (χ0v) is 9.78. The number of urea groups is 1. The van der Waals surface area contributed by atoms with Gasteiger partial charge in [-0.2, -0.15) is 0 Å². The molecule has 3 N–H and O–H groups in total. The molecule has 4 heteroatoms. The van der Waals surface area contributed by atoms with Gasteiger partial charge in [-0.15, -0.1) is 0 Å². The van der Waals surface area contributed by atoms with Gasteiger partial charge in [-0.05, 0) is 29.9 Å². The van der Waals surface area contributed by atoms with E-state index >= 15 is 0 Å².